The van der Waals surface area contributed by atoms with E-state index in [0.29, 0.717) is 10.6 Å². The second-order valence-electron chi connectivity index (χ2n) is 3.02. The maximum absolute atomic E-state index is 13.3. The Balaban J connectivity index is 3.28. The first-order valence-electron chi connectivity index (χ1n) is 4.34. The van der Waals surface area contributed by atoms with E-state index in [1.54, 1.807) is 6.26 Å². The van der Waals surface area contributed by atoms with Crippen molar-refractivity contribution in [3.8, 4) is 0 Å². The lowest BCUT2D eigenvalue weighted by molar-refractivity contribution is -0.114. The van der Waals surface area contributed by atoms with Crippen LogP contribution in [0.15, 0.2) is 17.0 Å². The molecule has 0 aliphatic heterocycles. The monoisotopic (exact) mass is 243 g/mol. The second-order valence-corrected chi connectivity index (χ2v) is 3.87. The second kappa shape index (κ2) is 4.98. The first-order valence-corrected chi connectivity index (χ1v) is 5.56. The minimum absolute atomic E-state index is 0.304. The van der Waals surface area contributed by atoms with Gasteiger partial charge >= 0.3 is 5.97 Å². The number of carbonyl (C=O) groups excluding carboxylic acids is 1. The van der Waals surface area contributed by atoms with Crippen molar-refractivity contribution in [2.24, 2.45) is 0 Å². The Morgan fingerprint density at radius 3 is 2.50 bits per heavy atom. The average molecular weight is 243 g/mol. The molecule has 16 heavy (non-hydrogen) atoms. The number of hydrogen-bond acceptors (Lipinski definition) is 3. The number of anilines is 1. The number of benzene rings is 1. The normalized spacial score (nSPS) is 9.94. The molecule has 0 spiro atoms. The Morgan fingerprint density at radius 1 is 1.44 bits per heavy atom. The van der Waals surface area contributed by atoms with Crippen molar-refractivity contribution in [3.05, 3.63) is 23.5 Å². The third-order valence-electron chi connectivity index (χ3n) is 1.83. The van der Waals surface area contributed by atoms with Gasteiger partial charge in [-0.2, -0.15) is 0 Å². The topological polar surface area (TPSA) is 66.4 Å². The van der Waals surface area contributed by atoms with Gasteiger partial charge in [0.05, 0.1) is 11.3 Å². The third kappa shape index (κ3) is 2.73. The third-order valence-corrected chi connectivity index (χ3v) is 2.61. The lowest BCUT2D eigenvalue weighted by Gasteiger charge is -2.09. The fraction of sp³-hybridized carbons (Fsp3) is 0.200. The van der Waals surface area contributed by atoms with Crippen LogP contribution >= 0.6 is 11.8 Å². The summed E-state index contributed by atoms with van der Waals surface area (Å²) < 4.78 is 13.3. The minimum Gasteiger partial charge on any atom is -0.478 e. The van der Waals surface area contributed by atoms with Gasteiger partial charge in [-0.25, -0.2) is 9.18 Å². The highest BCUT2D eigenvalue weighted by atomic mass is 32.2. The number of nitrogens with one attached hydrogen (secondary N) is 1. The van der Waals surface area contributed by atoms with Crippen LogP contribution in [-0.2, 0) is 4.79 Å². The number of halogens is 1. The maximum atomic E-state index is 13.3. The summed E-state index contributed by atoms with van der Waals surface area (Å²) in [5, 5.41) is 11.2. The predicted molar refractivity (Wildman–Crippen MR) is 59.4 cm³/mol. The molecule has 1 aromatic carbocycles. The first kappa shape index (κ1) is 12.5. The average Bonchev–Trinajstić information content (AvgIpc) is 2.18. The van der Waals surface area contributed by atoms with Gasteiger partial charge < -0.3 is 10.4 Å². The van der Waals surface area contributed by atoms with Crippen molar-refractivity contribution >= 4 is 29.3 Å². The van der Waals surface area contributed by atoms with Crippen LogP contribution in [0.4, 0.5) is 10.1 Å². The highest BCUT2D eigenvalue weighted by Gasteiger charge is 2.15. The van der Waals surface area contributed by atoms with E-state index in [0.717, 1.165) is 12.1 Å². The van der Waals surface area contributed by atoms with E-state index in [9.17, 15) is 14.0 Å². The van der Waals surface area contributed by atoms with E-state index < -0.39 is 17.3 Å². The molecule has 0 saturated heterocycles. The van der Waals surface area contributed by atoms with Crippen molar-refractivity contribution in [2.75, 3.05) is 11.6 Å². The van der Waals surface area contributed by atoms with Gasteiger partial charge in [-0.3, -0.25) is 4.79 Å². The highest BCUT2D eigenvalue weighted by molar-refractivity contribution is 7.98. The van der Waals surface area contributed by atoms with Crippen LogP contribution in [0, 0.1) is 5.82 Å². The molecule has 0 saturated carbocycles. The van der Waals surface area contributed by atoms with E-state index in [-0.39, 0.29) is 5.91 Å². The summed E-state index contributed by atoms with van der Waals surface area (Å²) in [7, 11) is 0. The number of hydrogen-bond donors (Lipinski definition) is 2. The van der Waals surface area contributed by atoms with Crippen molar-refractivity contribution in [1.82, 2.24) is 0 Å². The molecule has 1 amide bonds. The summed E-state index contributed by atoms with van der Waals surface area (Å²) in [5.41, 5.74) is -0.152. The Kier molecular flexibility index (Phi) is 3.89. The summed E-state index contributed by atoms with van der Waals surface area (Å²) >= 11 is 1.22. The number of thioether (sulfide) groups is 1. The number of rotatable bonds is 3. The number of aromatic carboxylic acids is 1. The fourth-order valence-corrected chi connectivity index (χ4v) is 1.73. The molecule has 0 aromatic heterocycles. The first-order chi connectivity index (χ1) is 7.45. The van der Waals surface area contributed by atoms with Crippen LogP contribution < -0.4 is 5.32 Å². The standard InChI is InChI=1S/C10H10FNO3S/c1-5(13)12-8-3-6(10(14)15)7(11)4-9(8)16-2/h3-4H,1-2H3,(H,12,13)(H,14,15). The number of carbonyl (C=O) groups is 2. The molecule has 2 N–H and O–H groups in total. The van der Waals surface area contributed by atoms with E-state index >= 15 is 0 Å². The molecule has 0 atom stereocenters. The zero-order chi connectivity index (χ0) is 12.3. The summed E-state index contributed by atoms with van der Waals surface area (Å²) in [4.78, 5) is 22.1. The van der Waals surface area contributed by atoms with E-state index in [2.05, 4.69) is 5.32 Å². The van der Waals surface area contributed by atoms with Crippen LogP contribution in [0.5, 0.6) is 0 Å². The molecule has 1 rings (SSSR count). The number of carboxylic acids is 1. The van der Waals surface area contributed by atoms with Crippen molar-refractivity contribution in [3.63, 3.8) is 0 Å². The zero-order valence-corrected chi connectivity index (χ0v) is 9.52. The highest BCUT2D eigenvalue weighted by Crippen LogP contribution is 2.28. The molecule has 0 unspecified atom stereocenters. The summed E-state index contributed by atoms with van der Waals surface area (Å²) in [5.74, 6) is -2.51. The fourth-order valence-electron chi connectivity index (χ4n) is 1.18. The van der Waals surface area contributed by atoms with E-state index in [4.69, 9.17) is 5.11 Å². The Morgan fingerprint density at radius 2 is 2.06 bits per heavy atom. The molecule has 0 aliphatic rings. The molecule has 6 heteroatoms. The van der Waals surface area contributed by atoms with E-state index in [1.807, 2.05) is 0 Å². The van der Waals surface area contributed by atoms with Gasteiger partial charge in [-0.15, -0.1) is 11.8 Å². The minimum atomic E-state index is -1.36. The molecule has 0 heterocycles. The number of amides is 1. The van der Waals surface area contributed by atoms with Gasteiger partial charge in [-0.1, -0.05) is 0 Å². The van der Waals surface area contributed by atoms with Gasteiger partial charge in [0.1, 0.15) is 5.82 Å². The SMILES string of the molecule is CSc1cc(F)c(C(=O)O)cc1NC(C)=O. The summed E-state index contributed by atoms with van der Waals surface area (Å²) in [6, 6.07) is 2.21. The molecule has 0 fully saturated rings. The largest absolute Gasteiger partial charge is 0.478 e. The van der Waals surface area contributed by atoms with Crippen LogP contribution in [0.1, 0.15) is 17.3 Å². The van der Waals surface area contributed by atoms with Crippen LogP contribution in [0.25, 0.3) is 0 Å². The molecule has 1 aromatic rings. The lowest BCUT2D eigenvalue weighted by Crippen LogP contribution is -2.09. The predicted octanol–water partition coefficient (Wildman–Crippen LogP) is 2.20. The van der Waals surface area contributed by atoms with Gasteiger partial charge in [0, 0.05) is 11.8 Å². The van der Waals surface area contributed by atoms with Crippen LogP contribution in [-0.4, -0.2) is 23.2 Å². The molecule has 0 bridgehead atoms. The van der Waals surface area contributed by atoms with Gasteiger partial charge in [-0.05, 0) is 18.4 Å². The summed E-state index contributed by atoms with van der Waals surface area (Å²) in [6.07, 6.45) is 1.71. The zero-order valence-electron chi connectivity index (χ0n) is 8.70. The molecule has 86 valence electrons. The quantitative estimate of drug-likeness (QED) is 0.799. The van der Waals surface area contributed by atoms with E-state index in [1.165, 1.54) is 18.7 Å². The van der Waals surface area contributed by atoms with Gasteiger partial charge in [0.2, 0.25) is 5.91 Å². The van der Waals surface area contributed by atoms with Gasteiger partial charge in [0.15, 0.2) is 0 Å². The smallest absolute Gasteiger partial charge is 0.338 e. The lowest BCUT2D eigenvalue weighted by atomic mass is 10.2. The maximum Gasteiger partial charge on any atom is 0.338 e. The van der Waals surface area contributed by atoms with Crippen LogP contribution in [0.3, 0.4) is 0 Å². The Bertz CT molecular complexity index is 448. The number of carboxylic acid groups (broad SMARTS) is 1. The Labute approximate surface area is 95.8 Å². The van der Waals surface area contributed by atoms with Crippen molar-refractivity contribution < 1.29 is 19.1 Å². The van der Waals surface area contributed by atoms with Gasteiger partial charge in [0.25, 0.3) is 0 Å². The van der Waals surface area contributed by atoms with Crippen molar-refractivity contribution in [2.45, 2.75) is 11.8 Å². The molecule has 0 radical (unpaired) electrons. The van der Waals surface area contributed by atoms with Crippen molar-refractivity contribution in [1.29, 1.82) is 0 Å². The van der Waals surface area contributed by atoms with Crippen LogP contribution in [0.2, 0.25) is 0 Å². The molecular formula is C10H10FNO3S. The molecule has 0 aliphatic carbocycles. The molecule has 4 nitrogen and oxygen atoms in total. The Hall–Kier alpha value is -1.56. The summed E-state index contributed by atoms with van der Waals surface area (Å²) in [6.45, 7) is 1.30. The molecular weight excluding hydrogens is 233 g/mol.